The largest absolute Gasteiger partial charge is 0.482 e. The molecule has 1 amide bonds. The van der Waals surface area contributed by atoms with Gasteiger partial charge >= 0.3 is 5.97 Å². The summed E-state index contributed by atoms with van der Waals surface area (Å²) in [6.45, 7) is -0.254. The summed E-state index contributed by atoms with van der Waals surface area (Å²) in [5, 5.41) is 0. The third-order valence-corrected chi connectivity index (χ3v) is 7.25. The number of carbonyl (C=O) groups is 2. The zero-order valence-corrected chi connectivity index (χ0v) is 17.5. The van der Waals surface area contributed by atoms with E-state index >= 15 is 0 Å². The van der Waals surface area contributed by atoms with E-state index in [9.17, 15) is 9.59 Å². The van der Waals surface area contributed by atoms with E-state index in [1.807, 2.05) is 53.9 Å². The second-order valence-corrected chi connectivity index (χ2v) is 9.17. The van der Waals surface area contributed by atoms with Crippen molar-refractivity contribution in [2.45, 2.75) is 10.7 Å². The molecule has 148 valence electrons. The van der Waals surface area contributed by atoms with Gasteiger partial charge in [0.25, 0.3) is 5.91 Å². The van der Waals surface area contributed by atoms with Gasteiger partial charge in [-0.15, -0.1) is 23.5 Å². The number of hydrogen-bond donors (Lipinski definition) is 0. The number of benzene rings is 2. The summed E-state index contributed by atoms with van der Waals surface area (Å²) >= 11 is 3.88. The molecule has 0 aliphatic carbocycles. The molecule has 0 saturated carbocycles. The van der Waals surface area contributed by atoms with E-state index in [0.717, 1.165) is 0 Å². The molecule has 1 heterocycles. The maximum Gasteiger partial charge on any atom is 0.345 e. The molecule has 1 aliphatic rings. The van der Waals surface area contributed by atoms with Gasteiger partial charge in [0.05, 0.1) is 4.58 Å². The van der Waals surface area contributed by atoms with Crippen LogP contribution in [0.3, 0.4) is 0 Å². The van der Waals surface area contributed by atoms with Gasteiger partial charge in [0, 0.05) is 31.2 Å². The smallest absolute Gasteiger partial charge is 0.345 e. The minimum Gasteiger partial charge on any atom is -0.482 e. The first-order chi connectivity index (χ1) is 13.5. The van der Waals surface area contributed by atoms with Gasteiger partial charge in [-0.3, -0.25) is 4.79 Å². The molecule has 0 bridgehead atoms. The number of likely N-dealkylation sites (N-methyl/N-ethyl adjacent to an activating group) is 1. The quantitative estimate of drug-likeness (QED) is 0.637. The van der Waals surface area contributed by atoms with Crippen molar-refractivity contribution in [2.75, 3.05) is 32.2 Å². The van der Waals surface area contributed by atoms with Crippen molar-refractivity contribution in [3.8, 4) is 5.75 Å². The Morgan fingerprint density at radius 1 is 1.04 bits per heavy atom. The van der Waals surface area contributed by atoms with Crippen molar-refractivity contribution in [1.29, 1.82) is 0 Å². The molecule has 1 fully saturated rings. The summed E-state index contributed by atoms with van der Waals surface area (Å²) < 4.78 is 11.4. The standard InChI is InChI=1S/C21H23NO4S2/c1-22(2)20(24)19(15-6-4-3-5-7-15)26-18(23)14-25-17-10-8-16(9-11-17)21-27-12-13-28-21/h3-11,19,21H,12-14H2,1-2H3/t19-/m0/s1. The van der Waals surface area contributed by atoms with Crippen LogP contribution in [0.25, 0.3) is 0 Å². The zero-order valence-electron chi connectivity index (χ0n) is 15.9. The maximum atomic E-state index is 12.4. The Morgan fingerprint density at radius 2 is 1.68 bits per heavy atom. The molecule has 7 heteroatoms. The Hall–Kier alpha value is -2.12. The van der Waals surface area contributed by atoms with Crippen molar-refractivity contribution < 1.29 is 19.1 Å². The van der Waals surface area contributed by atoms with Crippen LogP contribution in [0.5, 0.6) is 5.75 Å². The molecule has 0 N–H and O–H groups in total. The number of hydrogen-bond acceptors (Lipinski definition) is 6. The van der Waals surface area contributed by atoms with Crippen LogP contribution in [0.2, 0.25) is 0 Å². The fraction of sp³-hybridized carbons (Fsp3) is 0.333. The van der Waals surface area contributed by atoms with Crippen LogP contribution in [0.4, 0.5) is 0 Å². The molecular formula is C21H23NO4S2. The summed E-state index contributed by atoms with van der Waals surface area (Å²) in [5.41, 5.74) is 1.88. The monoisotopic (exact) mass is 417 g/mol. The number of ether oxygens (including phenoxy) is 2. The van der Waals surface area contributed by atoms with Crippen LogP contribution in [0.1, 0.15) is 21.8 Å². The van der Waals surface area contributed by atoms with Crippen LogP contribution in [-0.2, 0) is 14.3 Å². The van der Waals surface area contributed by atoms with Gasteiger partial charge in [0.1, 0.15) is 5.75 Å². The van der Waals surface area contributed by atoms with Gasteiger partial charge in [-0.1, -0.05) is 42.5 Å². The fourth-order valence-corrected chi connectivity index (χ4v) is 5.56. The average molecular weight is 418 g/mol. The predicted molar refractivity (Wildman–Crippen MR) is 114 cm³/mol. The van der Waals surface area contributed by atoms with Crippen molar-refractivity contribution >= 4 is 35.4 Å². The van der Waals surface area contributed by atoms with E-state index < -0.39 is 12.1 Å². The molecule has 0 radical (unpaired) electrons. The van der Waals surface area contributed by atoms with Crippen molar-refractivity contribution in [2.24, 2.45) is 0 Å². The SMILES string of the molecule is CN(C)C(=O)[C@@H](OC(=O)COc1ccc(C2SCCS2)cc1)c1ccccc1. The molecule has 3 rings (SSSR count). The van der Waals surface area contributed by atoms with Crippen molar-refractivity contribution in [3.63, 3.8) is 0 Å². The highest BCUT2D eigenvalue weighted by molar-refractivity contribution is 8.19. The van der Waals surface area contributed by atoms with Crippen LogP contribution >= 0.6 is 23.5 Å². The Bertz CT molecular complexity index is 790. The molecule has 2 aromatic carbocycles. The maximum absolute atomic E-state index is 12.4. The summed E-state index contributed by atoms with van der Waals surface area (Å²) in [6, 6.07) is 16.8. The van der Waals surface area contributed by atoms with E-state index in [1.54, 1.807) is 38.4 Å². The average Bonchev–Trinajstić information content (AvgIpc) is 3.26. The molecule has 2 aromatic rings. The summed E-state index contributed by atoms with van der Waals surface area (Å²) in [7, 11) is 3.26. The zero-order chi connectivity index (χ0) is 19.9. The molecular weight excluding hydrogens is 394 g/mol. The molecule has 28 heavy (non-hydrogen) atoms. The second kappa shape index (κ2) is 9.89. The van der Waals surface area contributed by atoms with Gasteiger partial charge in [0.15, 0.2) is 6.61 Å². The molecule has 0 spiro atoms. The highest BCUT2D eigenvalue weighted by atomic mass is 32.2. The normalized spacial score (nSPS) is 15.1. The van der Waals surface area contributed by atoms with Crippen molar-refractivity contribution in [1.82, 2.24) is 4.90 Å². The van der Waals surface area contributed by atoms with Crippen LogP contribution in [0, 0.1) is 0 Å². The molecule has 1 atom stereocenters. The van der Waals surface area contributed by atoms with E-state index in [4.69, 9.17) is 9.47 Å². The van der Waals surface area contributed by atoms with E-state index in [2.05, 4.69) is 0 Å². The fourth-order valence-electron chi connectivity index (χ4n) is 2.70. The lowest BCUT2D eigenvalue weighted by molar-refractivity contribution is -0.161. The number of nitrogens with zero attached hydrogens (tertiary/aromatic N) is 1. The number of amides is 1. The molecule has 0 aromatic heterocycles. The summed E-state index contributed by atoms with van der Waals surface area (Å²) in [4.78, 5) is 26.1. The first-order valence-corrected chi connectivity index (χ1v) is 11.1. The second-order valence-electron chi connectivity index (χ2n) is 6.44. The third kappa shape index (κ3) is 5.45. The number of esters is 1. The number of carbonyl (C=O) groups excluding carboxylic acids is 2. The van der Waals surface area contributed by atoms with Crippen LogP contribution in [-0.4, -0.2) is 49.0 Å². The first-order valence-electron chi connectivity index (χ1n) is 8.96. The predicted octanol–water partition coefficient (Wildman–Crippen LogP) is 3.92. The topological polar surface area (TPSA) is 55.8 Å². The molecule has 5 nitrogen and oxygen atoms in total. The van der Waals surface area contributed by atoms with Gasteiger partial charge < -0.3 is 14.4 Å². The lowest BCUT2D eigenvalue weighted by Crippen LogP contribution is -2.32. The molecule has 0 unspecified atom stereocenters. The summed E-state index contributed by atoms with van der Waals surface area (Å²) in [5.74, 6) is 2.07. The van der Waals surface area contributed by atoms with Gasteiger partial charge in [-0.25, -0.2) is 4.79 Å². The Morgan fingerprint density at radius 3 is 2.29 bits per heavy atom. The van der Waals surface area contributed by atoms with Gasteiger partial charge in [-0.05, 0) is 17.7 Å². The Kier molecular flexibility index (Phi) is 7.28. The minimum atomic E-state index is -0.980. The lowest BCUT2D eigenvalue weighted by atomic mass is 10.1. The highest BCUT2D eigenvalue weighted by Crippen LogP contribution is 2.45. The highest BCUT2D eigenvalue weighted by Gasteiger charge is 2.26. The summed E-state index contributed by atoms with van der Waals surface area (Å²) in [6.07, 6.45) is -0.980. The Labute approximate surface area is 173 Å². The first kappa shape index (κ1) is 20.6. The van der Waals surface area contributed by atoms with Crippen LogP contribution < -0.4 is 4.74 Å². The van der Waals surface area contributed by atoms with Crippen LogP contribution in [0.15, 0.2) is 54.6 Å². The number of thioether (sulfide) groups is 2. The number of rotatable bonds is 7. The van der Waals surface area contributed by atoms with E-state index in [-0.39, 0.29) is 12.5 Å². The van der Waals surface area contributed by atoms with E-state index in [1.165, 1.54) is 22.0 Å². The lowest BCUT2D eigenvalue weighted by Gasteiger charge is -2.21. The van der Waals surface area contributed by atoms with Gasteiger partial charge in [-0.2, -0.15) is 0 Å². The minimum absolute atomic E-state index is 0.254. The third-order valence-electron chi connectivity index (χ3n) is 4.15. The molecule has 1 saturated heterocycles. The molecule has 1 aliphatic heterocycles. The van der Waals surface area contributed by atoms with E-state index in [0.29, 0.717) is 15.9 Å². The Balaban J connectivity index is 1.57. The van der Waals surface area contributed by atoms with Gasteiger partial charge in [0.2, 0.25) is 6.10 Å². The van der Waals surface area contributed by atoms with Crippen molar-refractivity contribution in [3.05, 3.63) is 65.7 Å².